The molecule has 2 atom stereocenters. The number of ether oxygens (including phenoxy) is 1. The molecule has 2 N–H and O–H groups in total. The van der Waals surface area contributed by atoms with Crippen LogP contribution >= 0.6 is 0 Å². The molecule has 0 fully saturated rings. The number of carbonyl (C=O) groups excluding carboxylic acids is 2. The van der Waals surface area contributed by atoms with Crippen molar-refractivity contribution in [2.45, 2.75) is 31.9 Å². The van der Waals surface area contributed by atoms with Gasteiger partial charge in [-0.3, -0.25) is 19.2 Å². The summed E-state index contributed by atoms with van der Waals surface area (Å²) in [4.78, 5) is 29.1. The van der Waals surface area contributed by atoms with Crippen molar-refractivity contribution in [3.63, 3.8) is 0 Å². The van der Waals surface area contributed by atoms with E-state index in [2.05, 4.69) is 10.3 Å². The normalized spacial score (nSPS) is 19.8. The Kier molecular flexibility index (Phi) is 6.53. The highest BCUT2D eigenvalue weighted by Gasteiger charge is 2.51. The predicted molar refractivity (Wildman–Crippen MR) is 137 cm³/mol. The molecule has 192 valence electrons. The molecule has 3 heterocycles. The topological polar surface area (TPSA) is 121 Å². The van der Waals surface area contributed by atoms with Gasteiger partial charge in [-0.1, -0.05) is 36.4 Å². The predicted octanol–water partition coefficient (Wildman–Crippen LogP) is 2.32. The number of amides is 2. The molecule has 0 spiro atoms. The van der Waals surface area contributed by atoms with Crippen LogP contribution in [0.5, 0.6) is 5.75 Å². The molecule has 0 saturated heterocycles. The zero-order valence-electron chi connectivity index (χ0n) is 20.7. The van der Waals surface area contributed by atoms with Gasteiger partial charge in [0.05, 0.1) is 17.1 Å². The smallest absolute Gasteiger partial charge is 0.269 e. The summed E-state index contributed by atoms with van der Waals surface area (Å²) in [6.07, 6.45) is 6.61. The first kappa shape index (κ1) is 24.7. The van der Waals surface area contributed by atoms with Gasteiger partial charge in [-0.25, -0.2) is 0 Å². The lowest BCUT2D eigenvalue weighted by Gasteiger charge is -2.31. The van der Waals surface area contributed by atoms with Crippen molar-refractivity contribution in [2.75, 3.05) is 30.1 Å². The van der Waals surface area contributed by atoms with Crippen LogP contribution in [0.4, 0.5) is 17.1 Å². The molecule has 0 unspecified atom stereocenters. The van der Waals surface area contributed by atoms with E-state index in [1.807, 2.05) is 24.3 Å². The number of nitrogens with zero attached hydrogens (tertiary/aromatic N) is 5. The second-order valence-electron chi connectivity index (χ2n) is 9.27. The van der Waals surface area contributed by atoms with E-state index in [0.29, 0.717) is 47.8 Å². The molecule has 5 rings (SSSR count). The number of benzene rings is 2. The zero-order chi connectivity index (χ0) is 26.2. The third-order valence-electron chi connectivity index (χ3n) is 6.91. The van der Waals surface area contributed by atoms with Crippen molar-refractivity contribution in [3.8, 4) is 5.75 Å². The first-order valence-electron chi connectivity index (χ1n) is 12.2. The third-order valence-corrected chi connectivity index (χ3v) is 6.91. The Morgan fingerprint density at radius 1 is 1.19 bits per heavy atom. The molecule has 37 heavy (non-hydrogen) atoms. The van der Waals surface area contributed by atoms with Gasteiger partial charge in [-0.05, 0) is 36.8 Å². The maximum atomic E-state index is 13.3. The Hall–Kier alpha value is -4.02. The summed E-state index contributed by atoms with van der Waals surface area (Å²) in [7, 11) is 1.64. The van der Waals surface area contributed by atoms with Crippen molar-refractivity contribution in [1.29, 1.82) is 0 Å². The van der Waals surface area contributed by atoms with Crippen LogP contribution in [-0.2, 0) is 28.2 Å². The van der Waals surface area contributed by atoms with Crippen LogP contribution in [-0.4, -0.2) is 57.3 Å². The highest BCUT2D eigenvalue weighted by molar-refractivity contribution is 6.09. The lowest BCUT2D eigenvalue weighted by molar-refractivity contribution is -0.139. The Morgan fingerprint density at radius 2 is 2.00 bits per heavy atom. The first-order valence-corrected chi connectivity index (χ1v) is 12.2. The molecule has 10 nitrogen and oxygen atoms in total. The Balaban J connectivity index is 1.40. The standard InChI is InChI=1S/C27H29N5O5/c1-18(7-5-6-13-31-16-19(12-14-33)28-29-31)27(36)21-15-20(10-11-22(21)30(2)26(27)35)32-23-8-3-4-9-24(23)37-17-25(32)34/h3-5,7-11,15-16,18,33,36H,6,12-14,17H2,1-2H3/b7-5+/t18-,27+/m0/s1. The van der Waals surface area contributed by atoms with Crippen molar-refractivity contribution in [1.82, 2.24) is 15.0 Å². The van der Waals surface area contributed by atoms with Crippen LogP contribution in [0.15, 0.2) is 60.8 Å². The van der Waals surface area contributed by atoms with Gasteiger partial charge < -0.3 is 19.8 Å². The van der Waals surface area contributed by atoms with Gasteiger partial charge in [-0.2, -0.15) is 0 Å². The molecule has 0 radical (unpaired) electrons. The van der Waals surface area contributed by atoms with E-state index in [-0.39, 0.29) is 19.1 Å². The number of hydrogen-bond acceptors (Lipinski definition) is 7. The summed E-state index contributed by atoms with van der Waals surface area (Å²) in [5.74, 6) is -0.593. The molecule has 0 aliphatic carbocycles. The average molecular weight is 504 g/mol. The van der Waals surface area contributed by atoms with Gasteiger partial charge in [0.2, 0.25) is 0 Å². The highest BCUT2D eigenvalue weighted by atomic mass is 16.5. The number of allylic oxidation sites excluding steroid dienone is 1. The molecule has 3 aromatic rings. The van der Waals surface area contributed by atoms with Crippen LogP contribution in [0.25, 0.3) is 0 Å². The number of anilines is 3. The number of aromatic nitrogens is 3. The molecule has 2 aliphatic heterocycles. The maximum absolute atomic E-state index is 13.3. The van der Waals surface area contributed by atoms with E-state index in [1.165, 1.54) is 4.90 Å². The number of fused-ring (bicyclic) bond motifs is 2. The van der Waals surface area contributed by atoms with Crippen LogP contribution in [0.3, 0.4) is 0 Å². The number of hydrogen-bond donors (Lipinski definition) is 2. The molecule has 2 amide bonds. The minimum absolute atomic E-state index is 0.0204. The van der Waals surface area contributed by atoms with E-state index >= 15 is 0 Å². The molecule has 10 heteroatoms. The van der Waals surface area contributed by atoms with Gasteiger partial charge >= 0.3 is 0 Å². The van der Waals surface area contributed by atoms with Crippen molar-refractivity contribution >= 4 is 28.9 Å². The molecular weight excluding hydrogens is 474 g/mol. The zero-order valence-corrected chi connectivity index (χ0v) is 20.7. The van der Waals surface area contributed by atoms with Crippen LogP contribution in [0.2, 0.25) is 0 Å². The third kappa shape index (κ3) is 4.28. The van der Waals surface area contributed by atoms with E-state index in [1.54, 1.807) is 60.1 Å². The van der Waals surface area contributed by atoms with E-state index in [0.717, 1.165) is 5.69 Å². The van der Waals surface area contributed by atoms with Crippen molar-refractivity contribution in [3.05, 3.63) is 72.1 Å². The molecular formula is C27H29N5O5. The van der Waals surface area contributed by atoms with Gasteiger partial charge in [0.25, 0.3) is 11.8 Å². The number of aliphatic hydroxyl groups excluding tert-OH is 1. The van der Waals surface area contributed by atoms with Crippen molar-refractivity contribution < 1.29 is 24.5 Å². The average Bonchev–Trinajstić information content (AvgIpc) is 3.43. The fourth-order valence-corrected chi connectivity index (χ4v) is 4.89. The van der Waals surface area contributed by atoms with Gasteiger partial charge in [0.1, 0.15) is 5.75 Å². The number of aryl methyl sites for hydroxylation is 1. The summed E-state index contributed by atoms with van der Waals surface area (Å²) in [5.41, 5.74) is 1.17. The first-order chi connectivity index (χ1) is 17.8. The summed E-state index contributed by atoms with van der Waals surface area (Å²) >= 11 is 0. The van der Waals surface area contributed by atoms with Crippen LogP contribution in [0, 0.1) is 5.92 Å². The van der Waals surface area contributed by atoms with Crippen LogP contribution < -0.4 is 14.5 Å². The summed E-state index contributed by atoms with van der Waals surface area (Å²) in [6, 6.07) is 12.5. The van der Waals surface area contributed by atoms with E-state index in [4.69, 9.17) is 9.84 Å². The second-order valence-corrected chi connectivity index (χ2v) is 9.27. The molecule has 2 aromatic carbocycles. The Bertz CT molecular complexity index is 1370. The Morgan fingerprint density at radius 3 is 2.81 bits per heavy atom. The largest absolute Gasteiger partial charge is 0.482 e. The fraction of sp³-hybridized carbons (Fsp3) is 0.333. The quantitative estimate of drug-likeness (QED) is 0.453. The van der Waals surface area contributed by atoms with Gasteiger partial charge in [0.15, 0.2) is 12.2 Å². The lowest BCUT2D eigenvalue weighted by Crippen LogP contribution is -2.43. The number of aliphatic hydroxyl groups is 2. The minimum atomic E-state index is -1.78. The van der Waals surface area contributed by atoms with Gasteiger partial charge in [-0.15, -0.1) is 5.10 Å². The van der Waals surface area contributed by atoms with E-state index < -0.39 is 17.4 Å². The summed E-state index contributed by atoms with van der Waals surface area (Å²) in [6.45, 7) is 2.30. The minimum Gasteiger partial charge on any atom is -0.482 e. The van der Waals surface area contributed by atoms with E-state index in [9.17, 15) is 14.7 Å². The second kappa shape index (κ2) is 9.79. The Labute approximate surface area is 214 Å². The maximum Gasteiger partial charge on any atom is 0.269 e. The van der Waals surface area contributed by atoms with Crippen LogP contribution in [0.1, 0.15) is 24.6 Å². The number of likely N-dealkylation sites (N-methyl/N-ethyl adjacent to an activating group) is 1. The lowest BCUT2D eigenvalue weighted by atomic mass is 9.82. The van der Waals surface area contributed by atoms with Crippen molar-refractivity contribution in [2.24, 2.45) is 5.92 Å². The number of para-hydroxylation sites is 2. The number of carbonyl (C=O) groups is 2. The highest BCUT2D eigenvalue weighted by Crippen LogP contribution is 2.47. The number of rotatable bonds is 8. The monoisotopic (exact) mass is 503 g/mol. The van der Waals surface area contributed by atoms with Gasteiger partial charge in [0, 0.05) is 50.0 Å². The fourth-order valence-electron chi connectivity index (χ4n) is 4.89. The summed E-state index contributed by atoms with van der Waals surface area (Å²) < 4.78 is 7.26. The molecule has 0 bridgehead atoms. The molecule has 0 saturated carbocycles. The molecule has 1 aromatic heterocycles. The summed E-state index contributed by atoms with van der Waals surface area (Å²) in [5, 5.41) is 28.9. The molecule has 2 aliphatic rings. The SMILES string of the molecule is C[C@@H](/C=C/CCn1cc(CCO)nn1)[C@]1(O)C(=O)N(C)c2ccc(N3C(=O)COc4ccccc43)cc21.